The first-order valence-electron chi connectivity index (χ1n) is 7.22. The molecule has 2 heterocycles. The highest BCUT2D eigenvalue weighted by Gasteiger charge is 2.19. The first-order valence-corrected chi connectivity index (χ1v) is 7.22. The van der Waals surface area contributed by atoms with Gasteiger partial charge in [0.15, 0.2) is 5.76 Å². The van der Waals surface area contributed by atoms with Crippen LogP contribution in [0.1, 0.15) is 5.69 Å². The van der Waals surface area contributed by atoms with Gasteiger partial charge in [-0.15, -0.1) is 0 Å². The van der Waals surface area contributed by atoms with E-state index in [1.165, 1.54) is 0 Å². The van der Waals surface area contributed by atoms with Crippen molar-refractivity contribution < 1.29 is 18.8 Å². The smallest absolute Gasteiger partial charge is 0.228 e. The molecule has 1 aromatic carbocycles. The van der Waals surface area contributed by atoms with Crippen molar-refractivity contribution in [2.24, 2.45) is 0 Å². The molecule has 1 aromatic heterocycles. The molecule has 1 aliphatic rings. The van der Waals surface area contributed by atoms with E-state index in [1.807, 2.05) is 24.3 Å². The third-order valence-electron chi connectivity index (χ3n) is 3.61. The van der Waals surface area contributed by atoms with Crippen LogP contribution < -0.4 is 4.74 Å². The Balaban J connectivity index is 1.69. The van der Waals surface area contributed by atoms with Crippen LogP contribution in [0.15, 0.2) is 34.9 Å². The predicted molar refractivity (Wildman–Crippen MR) is 79.6 cm³/mol. The van der Waals surface area contributed by atoms with Crippen molar-refractivity contribution in [3.8, 4) is 17.1 Å². The Morgan fingerprint density at radius 2 is 2.14 bits per heavy atom. The number of morpholine rings is 1. The Morgan fingerprint density at radius 1 is 1.32 bits per heavy atom. The summed E-state index contributed by atoms with van der Waals surface area (Å²) in [6, 6.07) is 9.33. The normalized spacial score (nSPS) is 14.9. The van der Waals surface area contributed by atoms with E-state index >= 15 is 0 Å². The number of nitrogens with zero attached hydrogens (tertiary/aromatic N) is 2. The predicted octanol–water partition coefficient (Wildman–Crippen LogP) is 1.75. The third-order valence-corrected chi connectivity index (χ3v) is 3.61. The summed E-state index contributed by atoms with van der Waals surface area (Å²) in [6.07, 6.45) is 0.244. The minimum atomic E-state index is 0.0498. The molecule has 1 fully saturated rings. The third kappa shape index (κ3) is 3.28. The van der Waals surface area contributed by atoms with Crippen LogP contribution in [0.2, 0.25) is 0 Å². The molecule has 0 saturated carbocycles. The van der Waals surface area contributed by atoms with Crippen molar-refractivity contribution in [1.29, 1.82) is 0 Å². The molecule has 3 rings (SSSR count). The van der Waals surface area contributed by atoms with Crippen LogP contribution in [-0.4, -0.2) is 49.4 Å². The zero-order valence-electron chi connectivity index (χ0n) is 12.4. The average molecular weight is 302 g/mol. The fourth-order valence-corrected chi connectivity index (χ4v) is 2.39. The molecule has 116 valence electrons. The Kier molecular flexibility index (Phi) is 4.39. The SMILES string of the molecule is COc1cccc(-c2cc(CC(=O)N3CCOCC3)no2)c1. The van der Waals surface area contributed by atoms with Gasteiger partial charge in [-0.05, 0) is 12.1 Å². The van der Waals surface area contributed by atoms with Gasteiger partial charge in [0.1, 0.15) is 5.75 Å². The zero-order chi connectivity index (χ0) is 15.4. The molecule has 0 bridgehead atoms. The van der Waals surface area contributed by atoms with Crippen LogP contribution in [0.25, 0.3) is 11.3 Å². The van der Waals surface area contributed by atoms with Gasteiger partial charge in [0, 0.05) is 24.7 Å². The lowest BCUT2D eigenvalue weighted by molar-refractivity contribution is -0.134. The lowest BCUT2D eigenvalue weighted by Crippen LogP contribution is -2.41. The van der Waals surface area contributed by atoms with Gasteiger partial charge in [-0.1, -0.05) is 17.3 Å². The first-order chi connectivity index (χ1) is 10.8. The zero-order valence-corrected chi connectivity index (χ0v) is 12.4. The lowest BCUT2D eigenvalue weighted by atomic mass is 10.1. The summed E-state index contributed by atoms with van der Waals surface area (Å²) in [6.45, 7) is 2.47. The fraction of sp³-hybridized carbons (Fsp3) is 0.375. The Labute approximate surface area is 128 Å². The van der Waals surface area contributed by atoms with Crippen molar-refractivity contribution in [2.75, 3.05) is 33.4 Å². The van der Waals surface area contributed by atoms with Crippen LogP contribution >= 0.6 is 0 Å². The van der Waals surface area contributed by atoms with E-state index in [0.29, 0.717) is 37.8 Å². The number of rotatable bonds is 4. The Bertz CT molecular complexity index is 647. The standard InChI is InChI=1S/C16H18N2O4/c1-20-14-4-2-3-12(9-14)15-10-13(17-22-15)11-16(19)18-5-7-21-8-6-18/h2-4,9-10H,5-8,11H2,1H3. The Hall–Kier alpha value is -2.34. The summed E-state index contributed by atoms with van der Waals surface area (Å²) in [7, 11) is 1.62. The molecular formula is C16H18N2O4. The van der Waals surface area contributed by atoms with Crippen LogP contribution in [0.4, 0.5) is 0 Å². The highest BCUT2D eigenvalue weighted by atomic mass is 16.5. The molecule has 1 saturated heterocycles. The average Bonchev–Trinajstić information content (AvgIpc) is 3.04. The number of carbonyl (C=O) groups excluding carboxylic acids is 1. The van der Waals surface area contributed by atoms with E-state index < -0.39 is 0 Å². The second-order valence-electron chi connectivity index (χ2n) is 5.08. The maximum atomic E-state index is 12.2. The van der Waals surface area contributed by atoms with Crippen molar-refractivity contribution in [1.82, 2.24) is 10.1 Å². The number of benzene rings is 1. The van der Waals surface area contributed by atoms with E-state index in [0.717, 1.165) is 11.3 Å². The van der Waals surface area contributed by atoms with Gasteiger partial charge in [-0.3, -0.25) is 4.79 Å². The van der Waals surface area contributed by atoms with Crippen molar-refractivity contribution in [3.05, 3.63) is 36.0 Å². The number of ether oxygens (including phenoxy) is 2. The van der Waals surface area contributed by atoms with E-state index in [9.17, 15) is 4.79 Å². The molecule has 0 aliphatic carbocycles. The molecular weight excluding hydrogens is 284 g/mol. The van der Waals surface area contributed by atoms with Gasteiger partial charge in [0.05, 0.1) is 32.4 Å². The molecule has 2 aromatic rings. The van der Waals surface area contributed by atoms with Gasteiger partial charge in [0.25, 0.3) is 0 Å². The van der Waals surface area contributed by atoms with Crippen molar-refractivity contribution in [3.63, 3.8) is 0 Å². The highest BCUT2D eigenvalue weighted by Crippen LogP contribution is 2.24. The van der Waals surface area contributed by atoms with Gasteiger partial charge in [-0.25, -0.2) is 0 Å². The summed E-state index contributed by atoms with van der Waals surface area (Å²) in [5.41, 5.74) is 1.51. The monoisotopic (exact) mass is 302 g/mol. The summed E-state index contributed by atoms with van der Waals surface area (Å²) >= 11 is 0. The maximum Gasteiger partial charge on any atom is 0.228 e. The molecule has 22 heavy (non-hydrogen) atoms. The second kappa shape index (κ2) is 6.62. The number of hydrogen-bond donors (Lipinski definition) is 0. The molecule has 6 heteroatoms. The molecule has 1 amide bonds. The molecule has 0 unspecified atom stereocenters. The van der Waals surface area contributed by atoms with Crippen LogP contribution in [0.5, 0.6) is 5.75 Å². The number of amides is 1. The first kappa shape index (κ1) is 14.6. The van der Waals surface area contributed by atoms with Crippen molar-refractivity contribution >= 4 is 5.91 Å². The largest absolute Gasteiger partial charge is 0.497 e. The van der Waals surface area contributed by atoms with Gasteiger partial charge in [-0.2, -0.15) is 0 Å². The lowest BCUT2D eigenvalue weighted by Gasteiger charge is -2.26. The topological polar surface area (TPSA) is 64.8 Å². The number of carbonyl (C=O) groups is 1. The van der Waals surface area contributed by atoms with Crippen LogP contribution in [0, 0.1) is 0 Å². The Morgan fingerprint density at radius 3 is 2.91 bits per heavy atom. The number of methoxy groups -OCH3 is 1. The highest BCUT2D eigenvalue weighted by molar-refractivity contribution is 5.78. The number of aromatic nitrogens is 1. The minimum absolute atomic E-state index is 0.0498. The molecule has 6 nitrogen and oxygen atoms in total. The fourth-order valence-electron chi connectivity index (χ4n) is 2.39. The molecule has 0 N–H and O–H groups in total. The summed E-state index contributed by atoms with van der Waals surface area (Å²) in [5.74, 6) is 1.43. The van der Waals surface area contributed by atoms with Gasteiger partial charge >= 0.3 is 0 Å². The van der Waals surface area contributed by atoms with Crippen molar-refractivity contribution in [2.45, 2.75) is 6.42 Å². The summed E-state index contributed by atoms with van der Waals surface area (Å²) < 4.78 is 15.8. The molecule has 0 atom stereocenters. The van der Waals surface area contributed by atoms with Gasteiger partial charge < -0.3 is 18.9 Å². The maximum absolute atomic E-state index is 12.2. The van der Waals surface area contributed by atoms with Crippen LogP contribution in [0.3, 0.4) is 0 Å². The minimum Gasteiger partial charge on any atom is -0.497 e. The van der Waals surface area contributed by atoms with E-state index in [2.05, 4.69) is 5.16 Å². The van der Waals surface area contributed by atoms with E-state index in [1.54, 1.807) is 18.1 Å². The second-order valence-corrected chi connectivity index (χ2v) is 5.08. The summed E-state index contributed by atoms with van der Waals surface area (Å²) in [4.78, 5) is 14.0. The van der Waals surface area contributed by atoms with E-state index in [-0.39, 0.29) is 12.3 Å². The van der Waals surface area contributed by atoms with Crippen LogP contribution in [-0.2, 0) is 16.0 Å². The summed E-state index contributed by atoms with van der Waals surface area (Å²) in [5, 5.41) is 3.99. The van der Waals surface area contributed by atoms with Gasteiger partial charge in [0.2, 0.25) is 5.91 Å². The molecule has 0 spiro atoms. The quantitative estimate of drug-likeness (QED) is 0.861. The molecule has 1 aliphatic heterocycles. The molecule has 0 radical (unpaired) electrons. The number of hydrogen-bond acceptors (Lipinski definition) is 5. The van der Waals surface area contributed by atoms with E-state index in [4.69, 9.17) is 14.0 Å².